The third-order valence-corrected chi connectivity index (χ3v) is 6.21. The van der Waals surface area contributed by atoms with Crippen molar-refractivity contribution in [2.45, 2.75) is 23.8 Å². The van der Waals surface area contributed by atoms with E-state index >= 15 is 0 Å². The molecular weight excluding hydrogens is 409 g/mol. The minimum absolute atomic E-state index is 0.0317. The number of likely N-dealkylation sites (tertiary alicyclic amines) is 1. The Morgan fingerprint density at radius 3 is 2.19 bits per heavy atom. The summed E-state index contributed by atoms with van der Waals surface area (Å²) in [6.07, 6.45) is 1.05. The maximum absolute atomic E-state index is 12.5. The number of hydrogen-bond donors (Lipinski definition) is 2. The summed E-state index contributed by atoms with van der Waals surface area (Å²) in [5.41, 5.74) is 0.725. The van der Waals surface area contributed by atoms with E-state index in [9.17, 15) is 13.2 Å². The first kappa shape index (κ1) is 19.9. The van der Waals surface area contributed by atoms with Gasteiger partial charge in [0.1, 0.15) is 0 Å². The van der Waals surface area contributed by atoms with Gasteiger partial charge in [-0.2, -0.15) is 0 Å². The summed E-state index contributed by atoms with van der Waals surface area (Å²) in [4.78, 5) is 14.0. The smallest absolute Gasteiger partial charge is 0.321 e. The first-order valence-corrected chi connectivity index (χ1v) is 10.7. The Morgan fingerprint density at radius 1 is 1.00 bits per heavy atom. The van der Waals surface area contributed by atoms with Gasteiger partial charge in [-0.3, -0.25) is 0 Å². The Labute approximate surface area is 168 Å². The second kappa shape index (κ2) is 8.48. The molecule has 9 heteroatoms. The third-order valence-electron chi connectivity index (χ3n) is 4.28. The lowest BCUT2D eigenvalue weighted by Crippen LogP contribution is -2.47. The number of para-hydroxylation sites is 1. The molecule has 0 spiro atoms. The number of halogens is 2. The molecule has 144 valence electrons. The van der Waals surface area contributed by atoms with Gasteiger partial charge in [-0.05, 0) is 43.2 Å². The van der Waals surface area contributed by atoms with Crippen molar-refractivity contribution in [3.63, 3.8) is 0 Å². The highest BCUT2D eigenvalue weighted by Gasteiger charge is 2.27. The molecule has 1 aliphatic heterocycles. The second-order valence-corrected chi connectivity index (χ2v) is 8.87. The van der Waals surface area contributed by atoms with Gasteiger partial charge in [-0.1, -0.05) is 41.4 Å². The fraction of sp³-hybridized carbons (Fsp3) is 0.278. The Kier molecular flexibility index (Phi) is 6.26. The molecule has 1 heterocycles. The number of piperidine rings is 1. The highest BCUT2D eigenvalue weighted by atomic mass is 35.5. The number of hydrogen-bond acceptors (Lipinski definition) is 3. The lowest BCUT2D eigenvalue weighted by molar-refractivity contribution is 0.193. The van der Waals surface area contributed by atoms with Crippen LogP contribution in [0.15, 0.2) is 53.4 Å². The Hall–Kier alpha value is -1.80. The zero-order valence-electron chi connectivity index (χ0n) is 14.4. The van der Waals surface area contributed by atoms with Crippen molar-refractivity contribution in [2.24, 2.45) is 0 Å². The van der Waals surface area contributed by atoms with Gasteiger partial charge in [0.15, 0.2) is 0 Å². The summed E-state index contributed by atoms with van der Waals surface area (Å²) < 4.78 is 27.8. The van der Waals surface area contributed by atoms with E-state index in [0.717, 1.165) is 5.69 Å². The average molecular weight is 428 g/mol. The van der Waals surface area contributed by atoms with Crippen LogP contribution in [0.1, 0.15) is 12.8 Å². The van der Waals surface area contributed by atoms with E-state index in [4.69, 9.17) is 23.2 Å². The second-order valence-electron chi connectivity index (χ2n) is 6.28. The zero-order chi connectivity index (χ0) is 19.4. The number of nitrogens with one attached hydrogen (secondary N) is 2. The standard InChI is InChI=1S/C18H19Cl2N3O3S/c19-13-10-14(20)12-17(11-13)27(25,26)22-16-6-8-23(9-7-16)18(24)21-15-4-2-1-3-5-15/h1-5,10-12,16,22H,6-9H2,(H,21,24). The van der Waals surface area contributed by atoms with E-state index in [-0.39, 0.29) is 27.0 Å². The monoisotopic (exact) mass is 427 g/mol. The van der Waals surface area contributed by atoms with Crippen LogP contribution < -0.4 is 10.0 Å². The van der Waals surface area contributed by atoms with Gasteiger partial charge in [-0.25, -0.2) is 17.9 Å². The van der Waals surface area contributed by atoms with Crippen LogP contribution in [0.2, 0.25) is 10.0 Å². The quantitative estimate of drug-likeness (QED) is 0.774. The number of nitrogens with zero attached hydrogens (tertiary/aromatic N) is 1. The normalized spacial score (nSPS) is 15.6. The van der Waals surface area contributed by atoms with E-state index in [1.807, 2.05) is 30.3 Å². The van der Waals surface area contributed by atoms with Crippen molar-refractivity contribution in [3.05, 3.63) is 58.6 Å². The Balaban J connectivity index is 1.56. The van der Waals surface area contributed by atoms with Gasteiger partial charge in [-0.15, -0.1) is 0 Å². The molecule has 2 N–H and O–H groups in total. The van der Waals surface area contributed by atoms with E-state index in [2.05, 4.69) is 10.0 Å². The number of anilines is 1. The van der Waals surface area contributed by atoms with Gasteiger partial charge in [0.2, 0.25) is 10.0 Å². The predicted molar refractivity (Wildman–Crippen MR) is 107 cm³/mol. The summed E-state index contributed by atoms with van der Waals surface area (Å²) in [6, 6.07) is 12.9. The number of amides is 2. The molecular formula is C18H19Cl2N3O3S. The largest absolute Gasteiger partial charge is 0.324 e. The van der Waals surface area contributed by atoms with Gasteiger partial charge >= 0.3 is 6.03 Å². The van der Waals surface area contributed by atoms with Crippen LogP contribution in [0, 0.1) is 0 Å². The van der Waals surface area contributed by atoms with Crippen LogP contribution in [0.25, 0.3) is 0 Å². The number of urea groups is 1. The van der Waals surface area contributed by atoms with Crippen molar-refractivity contribution in [1.29, 1.82) is 0 Å². The van der Waals surface area contributed by atoms with Crippen LogP contribution in [-0.2, 0) is 10.0 Å². The molecule has 0 unspecified atom stereocenters. The van der Waals surface area contributed by atoms with Crippen molar-refractivity contribution < 1.29 is 13.2 Å². The summed E-state index contributed by atoms with van der Waals surface area (Å²) in [7, 11) is -3.73. The predicted octanol–water partition coefficient (Wildman–Crippen LogP) is 3.97. The van der Waals surface area contributed by atoms with Crippen molar-refractivity contribution in [3.8, 4) is 0 Å². The van der Waals surface area contributed by atoms with E-state index in [1.165, 1.54) is 18.2 Å². The Bertz CT molecular complexity index is 894. The zero-order valence-corrected chi connectivity index (χ0v) is 16.7. The molecule has 6 nitrogen and oxygen atoms in total. The van der Waals surface area contributed by atoms with Gasteiger partial charge in [0.05, 0.1) is 4.90 Å². The SMILES string of the molecule is O=C(Nc1ccccc1)N1CCC(NS(=O)(=O)c2cc(Cl)cc(Cl)c2)CC1. The Morgan fingerprint density at radius 2 is 1.59 bits per heavy atom. The average Bonchev–Trinajstić information content (AvgIpc) is 2.62. The third kappa shape index (κ3) is 5.35. The number of rotatable bonds is 4. The molecule has 0 bridgehead atoms. The fourth-order valence-electron chi connectivity index (χ4n) is 2.90. The molecule has 1 aliphatic rings. The lowest BCUT2D eigenvalue weighted by atomic mass is 10.1. The maximum atomic E-state index is 12.5. The van der Waals surface area contributed by atoms with Crippen molar-refractivity contribution in [1.82, 2.24) is 9.62 Å². The van der Waals surface area contributed by atoms with Crippen LogP contribution in [0.3, 0.4) is 0 Å². The number of benzene rings is 2. The summed E-state index contributed by atoms with van der Waals surface area (Å²) in [6.45, 7) is 0.921. The number of sulfonamides is 1. The van der Waals surface area contributed by atoms with Crippen LogP contribution in [0.4, 0.5) is 10.5 Å². The van der Waals surface area contributed by atoms with Crippen LogP contribution in [-0.4, -0.2) is 38.5 Å². The molecule has 0 radical (unpaired) electrons. The molecule has 1 saturated heterocycles. The van der Waals surface area contributed by atoms with Crippen molar-refractivity contribution >= 4 is 44.9 Å². The molecule has 0 aromatic heterocycles. The van der Waals surface area contributed by atoms with Crippen molar-refractivity contribution in [2.75, 3.05) is 18.4 Å². The summed E-state index contributed by atoms with van der Waals surface area (Å²) in [5, 5.41) is 3.35. The number of carbonyl (C=O) groups is 1. The molecule has 1 fully saturated rings. The molecule has 2 amide bonds. The van der Waals surface area contributed by atoms with Crippen LogP contribution >= 0.6 is 23.2 Å². The highest BCUT2D eigenvalue weighted by molar-refractivity contribution is 7.89. The minimum Gasteiger partial charge on any atom is -0.324 e. The molecule has 0 atom stereocenters. The fourth-order valence-corrected chi connectivity index (χ4v) is 4.93. The van der Waals surface area contributed by atoms with Gasteiger partial charge in [0.25, 0.3) is 0 Å². The van der Waals surface area contributed by atoms with Crippen LogP contribution in [0.5, 0.6) is 0 Å². The number of carbonyl (C=O) groups excluding carboxylic acids is 1. The lowest BCUT2D eigenvalue weighted by Gasteiger charge is -2.32. The van der Waals surface area contributed by atoms with Gasteiger partial charge < -0.3 is 10.2 Å². The summed E-state index contributed by atoms with van der Waals surface area (Å²) in [5.74, 6) is 0. The summed E-state index contributed by atoms with van der Waals surface area (Å²) >= 11 is 11.8. The molecule has 3 rings (SSSR count). The maximum Gasteiger partial charge on any atom is 0.321 e. The van der Waals surface area contributed by atoms with E-state index in [1.54, 1.807) is 4.90 Å². The molecule has 0 saturated carbocycles. The first-order chi connectivity index (χ1) is 12.8. The molecule has 2 aromatic carbocycles. The molecule has 2 aromatic rings. The minimum atomic E-state index is -3.73. The molecule has 27 heavy (non-hydrogen) atoms. The highest BCUT2D eigenvalue weighted by Crippen LogP contribution is 2.23. The van der Waals surface area contributed by atoms with E-state index in [0.29, 0.717) is 25.9 Å². The first-order valence-electron chi connectivity index (χ1n) is 8.43. The van der Waals surface area contributed by atoms with E-state index < -0.39 is 10.0 Å². The van der Waals surface area contributed by atoms with Gasteiger partial charge in [0, 0.05) is 34.9 Å². The molecule has 0 aliphatic carbocycles. The topological polar surface area (TPSA) is 78.5 Å².